The van der Waals surface area contributed by atoms with E-state index in [1.54, 1.807) is 0 Å². The van der Waals surface area contributed by atoms with E-state index in [1.165, 1.54) is 44.9 Å². The smallest absolute Gasteiger partial charge is 0.0741 e. The Hall–Kier alpha value is 0.980. The van der Waals surface area contributed by atoms with Gasteiger partial charge in [-0.3, -0.25) is 0 Å². The summed E-state index contributed by atoms with van der Waals surface area (Å²) in [4.78, 5) is 0. The lowest BCUT2D eigenvalue weighted by Gasteiger charge is -2.44. The van der Waals surface area contributed by atoms with Crippen LogP contribution in [0.25, 0.3) is 0 Å². The molecule has 3 heteroatoms. The highest BCUT2D eigenvalue weighted by molar-refractivity contribution is 14.1. The predicted molar refractivity (Wildman–Crippen MR) is 74.3 cm³/mol. The number of alkyl halides is 1. The molecule has 2 saturated carbocycles. The Morgan fingerprint density at radius 3 is 2.53 bits per heavy atom. The highest BCUT2D eigenvalue weighted by Gasteiger charge is 2.38. The molecule has 0 bridgehead atoms. The SMILES string of the molecule is CC(I)N(Cl)C1CCCC2CCCCC21. The molecule has 0 spiro atoms. The molecule has 15 heavy (non-hydrogen) atoms. The van der Waals surface area contributed by atoms with Crippen molar-refractivity contribution in [2.24, 2.45) is 11.8 Å². The zero-order chi connectivity index (χ0) is 10.8. The molecule has 2 fully saturated rings. The third kappa shape index (κ3) is 2.81. The van der Waals surface area contributed by atoms with Crippen LogP contribution in [0, 0.1) is 11.8 Å². The molecule has 0 aliphatic heterocycles. The van der Waals surface area contributed by atoms with E-state index < -0.39 is 0 Å². The van der Waals surface area contributed by atoms with Gasteiger partial charge in [0, 0.05) is 6.04 Å². The molecular weight excluding hydrogens is 320 g/mol. The van der Waals surface area contributed by atoms with E-state index in [-0.39, 0.29) is 0 Å². The second-order valence-electron chi connectivity index (χ2n) is 5.12. The Labute approximate surface area is 112 Å². The highest BCUT2D eigenvalue weighted by Crippen LogP contribution is 2.43. The summed E-state index contributed by atoms with van der Waals surface area (Å²) < 4.78 is 2.55. The van der Waals surface area contributed by atoms with Gasteiger partial charge in [-0.15, -0.1) is 0 Å². The number of rotatable bonds is 2. The van der Waals surface area contributed by atoms with Crippen LogP contribution in [-0.4, -0.2) is 14.5 Å². The molecule has 0 heterocycles. The molecule has 0 aromatic rings. The summed E-state index contributed by atoms with van der Waals surface area (Å²) in [6.07, 6.45) is 9.93. The lowest BCUT2D eigenvalue weighted by atomic mass is 9.68. The van der Waals surface area contributed by atoms with Gasteiger partial charge < -0.3 is 0 Å². The third-order valence-corrected chi connectivity index (χ3v) is 5.67. The molecule has 2 aliphatic rings. The first-order valence-corrected chi connectivity index (χ1v) is 7.86. The van der Waals surface area contributed by atoms with Crippen molar-refractivity contribution in [1.82, 2.24) is 4.42 Å². The number of fused-ring (bicyclic) bond motifs is 1. The average molecular weight is 342 g/mol. The largest absolute Gasteiger partial charge is 0.204 e. The van der Waals surface area contributed by atoms with Gasteiger partial charge >= 0.3 is 0 Å². The maximum absolute atomic E-state index is 6.44. The molecule has 2 rings (SSSR count). The zero-order valence-corrected chi connectivity index (χ0v) is 12.4. The monoisotopic (exact) mass is 341 g/mol. The van der Waals surface area contributed by atoms with E-state index in [2.05, 4.69) is 33.9 Å². The van der Waals surface area contributed by atoms with E-state index >= 15 is 0 Å². The van der Waals surface area contributed by atoms with E-state index in [1.807, 2.05) is 0 Å². The van der Waals surface area contributed by atoms with Gasteiger partial charge in [-0.2, -0.15) is 0 Å². The third-order valence-electron chi connectivity index (χ3n) is 4.19. The van der Waals surface area contributed by atoms with Crippen LogP contribution in [0.4, 0.5) is 0 Å². The van der Waals surface area contributed by atoms with Crippen LogP contribution < -0.4 is 0 Å². The van der Waals surface area contributed by atoms with Crippen LogP contribution in [-0.2, 0) is 0 Å². The maximum atomic E-state index is 6.44. The van der Waals surface area contributed by atoms with Crippen molar-refractivity contribution in [2.75, 3.05) is 0 Å². The summed E-state index contributed by atoms with van der Waals surface area (Å²) in [6, 6.07) is 0.651. The molecule has 4 unspecified atom stereocenters. The fraction of sp³-hybridized carbons (Fsp3) is 1.00. The van der Waals surface area contributed by atoms with Crippen LogP contribution in [0.3, 0.4) is 0 Å². The van der Waals surface area contributed by atoms with Gasteiger partial charge in [0.1, 0.15) is 0 Å². The quantitative estimate of drug-likeness (QED) is 0.307. The van der Waals surface area contributed by atoms with E-state index in [0.29, 0.717) is 10.1 Å². The van der Waals surface area contributed by atoms with Crippen LogP contribution in [0.15, 0.2) is 0 Å². The Morgan fingerprint density at radius 1 is 1.13 bits per heavy atom. The molecule has 0 aromatic heterocycles. The van der Waals surface area contributed by atoms with Crippen molar-refractivity contribution >= 4 is 34.4 Å². The number of halogens is 2. The number of hydrogen-bond acceptors (Lipinski definition) is 1. The minimum Gasteiger partial charge on any atom is -0.204 e. The minimum absolute atomic E-state index is 0.454. The lowest BCUT2D eigenvalue weighted by Crippen LogP contribution is -2.44. The molecule has 2 aliphatic carbocycles. The van der Waals surface area contributed by atoms with E-state index in [0.717, 1.165) is 11.8 Å². The molecule has 0 amide bonds. The number of nitrogens with zero attached hydrogens (tertiary/aromatic N) is 1. The van der Waals surface area contributed by atoms with Gasteiger partial charge in [0.2, 0.25) is 0 Å². The molecular formula is C12H21ClIN. The van der Waals surface area contributed by atoms with Gasteiger partial charge in [0.05, 0.1) is 4.05 Å². The predicted octanol–water partition coefficient (Wildman–Crippen LogP) is 4.58. The molecule has 0 saturated heterocycles. The summed E-state index contributed by atoms with van der Waals surface area (Å²) in [5.74, 6) is 1.87. The molecule has 1 nitrogen and oxygen atoms in total. The van der Waals surface area contributed by atoms with Crippen LogP contribution in [0.1, 0.15) is 51.9 Å². The van der Waals surface area contributed by atoms with Gasteiger partial charge in [-0.25, -0.2) is 4.42 Å². The summed E-state index contributed by atoms with van der Waals surface area (Å²) in [6.45, 7) is 2.19. The average Bonchev–Trinajstić information content (AvgIpc) is 2.27. The topological polar surface area (TPSA) is 3.24 Å². The standard InChI is InChI=1S/C12H21ClIN/c1-9(14)15(13)12-8-4-6-10-5-2-3-7-11(10)12/h9-12H,2-8H2,1H3. The van der Waals surface area contributed by atoms with E-state index in [4.69, 9.17) is 11.8 Å². The van der Waals surface area contributed by atoms with Gasteiger partial charge in [0.25, 0.3) is 0 Å². The van der Waals surface area contributed by atoms with Gasteiger partial charge in [0.15, 0.2) is 0 Å². The first-order chi connectivity index (χ1) is 7.20. The molecule has 0 radical (unpaired) electrons. The zero-order valence-electron chi connectivity index (χ0n) is 9.46. The number of hydrogen-bond donors (Lipinski definition) is 0. The molecule has 0 aromatic carbocycles. The Morgan fingerprint density at radius 2 is 1.80 bits per heavy atom. The summed E-state index contributed by atoms with van der Waals surface area (Å²) in [5, 5.41) is 0. The first kappa shape index (κ1) is 12.4. The van der Waals surface area contributed by atoms with Crippen LogP contribution in [0.5, 0.6) is 0 Å². The minimum atomic E-state index is 0.454. The fourth-order valence-corrected chi connectivity index (χ4v) is 4.13. The van der Waals surface area contributed by atoms with Crippen LogP contribution in [0.2, 0.25) is 0 Å². The summed E-state index contributed by atoms with van der Waals surface area (Å²) in [7, 11) is 0. The fourth-order valence-electron chi connectivity index (χ4n) is 3.47. The maximum Gasteiger partial charge on any atom is 0.0741 e. The van der Waals surface area contributed by atoms with Crippen molar-refractivity contribution < 1.29 is 0 Å². The second kappa shape index (κ2) is 5.54. The summed E-state index contributed by atoms with van der Waals surface area (Å²) in [5.41, 5.74) is 0. The van der Waals surface area contributed by atoms with Gasteiger partial charge in [-0.05, 0) is 43.4 Å². The van der Waals surface area contributed by atoms with Crippen molar-refractivity contribution in [2.45, 2.75) is 62.0 Å². The van der Waals surface area contributed by atoms with Crippen molar-refractivity contribution in [3.05, 3.63) is 0 Å². The van der Waals surface area contributed by atoms with Crippen molar-refractivity contribution in [1.29, 1.82) is 0 Å². The summed E-state index contributed by atoms with van der Waals surface area (Å²) >= 11 is 8.87. The Balaban J connectivity index is 2.03. The first-order valence-electron chi connectivity index (χ1n) is 6.28. The lowest BCUT2D eigenvalue weighted by molar-refractivity contribution is 0.0852. The molecule has 88 valence electrons. The normalized spacial score (nSPS) is 38.8. The van der Waals surface area contributed by atoms with Gasteiger partial charge in [-0.1, -0.05) is 54.7 Å². The highest BCUT2D eigenvalue weighted by atomic mass is 127. The van der Waals surface area contributed by atoms with Crippen molar-refractivity contribution in [3.8, 4) is 0 Å². The van der Waals surface area contributed by atoms with E-state index in [9.17, 15) is 0 Å². The Bertz CT molecular complexity index is 208. The van der Waals surface area contributed by atoms with Crippen molar-refractivity contribution in [3.63, 3.8) is 0 Å². The molecule has 0 N–H and O–H groups in total. The second-order valence-corrected chi connectivity index (χ2v) is 7.32. The Kier molecular flexibility index (Phi) is 4.60. The van der Waals surface area contributed by atoms with Crippen LogP contribution >= 0.6 is 34.4 Å². The molecule has 4 atom stereocenters.